The zero-order valence-electron chi connectivity index (χ0n) is 19.7. The number of benzene rings is 3. The molecule has 2 unspecified atom stereocenters. The van der Waals surface area contributed by atoms with E-state index in [1.807, 2.05) is 19.2 Å². The zero-order chi connectivity index (χ0) is 25.0. The van der Waals surface area contributed by atoms with Crippen LogP contribution in [0.15, 0.2) is 48.5 Å². The summed E-state index contributed by atoms with van der Waals surface area (Å²) in [6, 6.07) is 13.7. The van der Waals surface area contributed by atoms with Gasteiger partial charge in [0.05, 0.1) is 29.3 Å². The highest BCUT2D eigenvalue weighted by Crippen LogP contribution is 2.54. The predicted octanol–water partition coefficient (Wildman–Crippen LogP) is 4.77. The molecule has 0 fully saturated rings. The second kappa shape index (κ2) is 8.72. The Hall–Kier alpha value is -3.75. The van der Waals surface area contributed by atoms with Crippen molar-refractivity contribution >= 4 is 29.2 Å². The summed E-state index contributed by atoms with van der Waals surface area (Å²) in [4.78, 5) is 27.9. The molecular weight excluding hydrogens is 484 g/mol. The number of fused-ring (bicyclic) bond motifs is 3. The van der Waals surface area contributed by atoms with Gasteiger partial charge in [0.25, 0.3) is 5.91 Å². The van der Waals surface area contributed by atoms with E-state index in [9.17, 15) is 9.59 Å². The number of amides is 1. The summed E-state index contributed by atoms with van der Waals surface area (Å²) in [7, 11) is 3.60. The molecule has 8 nitrogen and oxygen atoms in total. The highest BCUT2D eigenvalue weighted by atomic mass is 35.5. The average molecular weight is 507 g/mol. The zero-order valence-corrected chi connectivity index (χ0v) is 20.4. The predicted molar refractivity (Wildman–Crippen MR) is 132 cm³/mol. The maximum atomic E-state index is 13.0. The van der Waals surface area contributed by atoms with Crippen molar-refractivity contribution in [1.29, 1.82) is 0 Å². The number of nitrogens with one attached hydrogen (secondary N) is 1. The smallest absolute Gasteiger partial charge is 0.339 e. The summed E-state index contributed by atoms with van der Waals surface area (Å²) < 4.78 is 23.0. The molecule has 0 bridgehead atoms. The summed E-state index contributed by atoms with van der Waals surface area (Å²) in [5, 5.41) is 3.17. The molecule has 1 amide bonds. The summed E-state index contributed by atoms with van der Waals surface area (Å²) in [6.45, 7) is 0.912. The van der Waals surface area contributed by atoms with Crippen LogP contribution < -0.4 is 19.5 Å². The Morgan fingerprint density at radius 2 is 2.00 bits per heavy atom. The first kappa shape index (κ1) is 22.7. The van der Waals surface area contributed by atoms with Gasteiger partial charge >= 0.3 is 5.97 Å². The first-order chi connectivity index (χ1) is 17.5. The van der Waals surface area contributed by atoms with Gasteiger partial charge < -0.3 is 24.3 Å². The van der Waals surface area contributed by atoms with E-state index < -0.39 is 12.1 Å². The normalized spacial score (nSPS) is 19.9. The molecule has 9 heteroatoms. The lowest BCUT2D eigenvalue weighted by molar-refractivity contribution is 0.00881. The number of likely N-dealkylation sites (N-methyl/N-ethyl adjacent to an activating group) is 1. The third-order valence-electron chi connectivity index (χ3n) is 6.93. The van der Waals surface area contributed by atoms with Crippen LogP contribution in [-0.2, 0) is 11.2 Å². The van der Waals surface area contributed by atoms with E-state index in [2.05, 4.69) is 10.2 Å². The van der Waals surface area contributed by atoms with Gasteiger partial charge in [-0.05, 0) is 49.4 Å². The Morgan fingerprint density at radius 3 is 2.81 bits per heavy atom. The molecule has 0 aliphatic carbocycles. The van der Waals surface area contributed by atoms with E-state index >= 15 is 0 Å². The summed E-state index contributed by atoms with van der Waals surface area (Å²) >= 11 is 6.16. The molecule has 36 heavy (non-hydrogen) atoms. The van der Waals surface area contributed by atoms with Crippen LogP contribution in [0.1, 0.15) is 49.6 Å². The molecule has 184 valence electrons. The van der Waals surface area contributed by atoms with Gasteiger partial charge in [-0.25, -0.2) is 4.79 Å². The Balaban J connectivity index is 1.36. The summed E-state index contributed by atoms with van der Waals surface area (Å²) in [5.74, 6) is 1.04. The third-order valence-corrected chi connectivity index (χ3v) is 7.26. The first-order valence-corrected chi connectivity index (χ1v) is 11.9. The van der Waals surface area contributed by atoms with E-state index in [-0.39, 0.29) is 18.7 Å². The molecule has 0 spiro atoms. The molecule has 3 aromatic rings. The number of esters is 1. The molecule has 3 aliphatic heterocycles. The lowest BCUT2D eigenvalue weighted by Crippen LogP contribution is -2.36. The monoisotopic (exact) mass is 506 g/mol. The lowest BCUT2D eigenvalue weighted by atomic mass is 9.85. The van der Waals surface area contributed by atoms with Crippen molar-refractivity contribution in [2.24, 2.45) is 0 Å². The highest BCUT2D eigenvalue weighted by molar-refractivity contribution is 6.34. The minimum absolute atomic E-state index is 0.138. The van der Waals surface area contributed by atoms with Gasteiger partial charge in [-0.1, -0.05) is 29.8 Å². The second-order valence-corrected chi connectivity index (χ2v) is 9.36. The van der Waals surface area contributed by atoms with Crippen LogP contribution in [0.5, 0.6) is 17.2 Å². The Morgan fingerprint density at radius 1 is 1.17 bits per heavy atom. The fourth-order valence-corrected chi connectivity index (χ4v) is 5.45. The average Bonchev–Trinajstić information content (AvgIpc) is 3.47. The molecule has 3 aliphatic rings. The second-order valence-electron chi connectivity index (χ2n) is 8.95. The van der Waals surface area contributed by atoms with Crippen LogP contribution >= 0.6 is 11.6 Å². The standard InChI is InChI=1S/C27H23ClN2O6/c1-30-10-9-14-11-20-24(35-13-34-20)25(33-2)21(14)22(30)23-16-8-7-15(12-18(16)27(32)36-23)29-26(31)17-5-3-4-6-19(17)28/h3-8,11-12,22-23H,9-10,13H2,1-2H3,(H,29,31). The van der Waals surface area contributed by atoms with Crippen LogP contribution in [-0.4, -0.2) is 44.3 Å². The Bertz CT molecular complexity index is 1410. The van der Waals surface area contributed by atoms with E-state index in [1.54, 1.807) is 43.5 Å². The largest absolute Gasteiger partial charge is 0.492 e. The molecule has 1 N–H and O–H groups in total. The van der Waals surface area contributed by atoms with Gasteiger partial charge in [0.15, 0.2) is 11.5 Å². The minimum atomic E-state index is -0.556. The number of anilines is 1. The van der Waals surface area contributed by atoms with Crippen molar-refractivity contribution in [3.63, 3.8) is 0 Å². The summed E-state index contributed by atoms with van der Waals surface area (Å²) in [6.07, 6.45) is 0.245. The van der Waals surface area contributed by atoms with Crippen molar-refractivity contribution in [2.75, 3.05) is 32.8 Å². The minimum Gasteiger partial charge on any atom is -0.492 e. The van der Waals surface area contributed by atoms with Crippen molar-refractivity contribution in [3.8, 4) is 17.2 Å². The van der Waals surface area contributed by atoms with Gasteiger partial charge in [0.1, 0.15) is 6.10 Å². The number of carbonyl (C=O) groups excluding carboxylic acids is 2. The molecule has 6 rings (SSSR count). The quantitative estimate of drug-likeness (QED) is 0.510. The molecule has 0 aromatic heterocycles. The Labute approximate surface area is 212 Å². The van der Waals surface area contributed by atoms with Gasteiger partial charge in [0, 0.05) is 23.4 Å². The molecule has 3 heterocycles. The molecular formula is C27H23ClN2O6. The maximum Gasteiger partial charge on any atom is 0.339 e. The SMILES string of the molecule is COc1c2c(cc3c1C(C1OC(=O)c4cc(NC(=O)c5ccccc5Cl)ccc41)N(C)CC3)OCO2. The van der Waals surface area contributed by atoms with E-state index in [4.69, 9.17) is 30.5 Å². The van der Waals surface area contributed by atoms with Crippen LogP contribution in [0.3, 0.4) is 0 Å². The fourth-order valence-electron chi connectivity index (χ4n) is 5.23. The number of methoxy groups -OCH3 is 1. The molecule has 2 atom stereocenters. The van der Waals surface area contributed by atoms with Gasteiger partial charge in [-0.2, -0.15) is 0 Å². The van der Waals surface area contributed by atoms with Crippen molar-refractivity contribution in [3.05, 3.63) is 81.4 Å². The maximum absolute atomic E-state index is 13.0. The number of halogens is 1. The number of cyclic esters (lactones) is 1. The van der Waals surface area contributed by atoms with Crippen LogP contribution in [0, 0.1) is 0 Å². The van der Waals surface area contributed by atoms with Gasteiger partial charge in [-0.15, -0.1) is 0 Å². The highest BCUT2D eigenvalue weighted by Gasteiger charge is 2.44. The van der Waals surface area contributed by atoms with E-state index in [0.29, 0.717) is 39.1 Å². The fraction of sp³-hybridized carbons (Fsp3) is 0.259. The number of rotatable bonds is 4. The molecule has 0 saturated carbocycles. The van der Waals surface area contributed by atoms with Crippen molar-refractivity contribution < 1.29 is 28.5 Å². The van der Waals surface area contributed by atoms with Crippen molar-refractivity contribution in [1.82, 2.24) is 4.90 Å². The topological polar surface area (TPSA) is 86.3 Å². The van der Waals surface area contributed by atoms with E-state index in [1.165, 1.54) is 0 Å². The third kappa shape index (κ3) is 3.56. The van der Waals surface area contributed by atoms with E-state index in [0.717, 1.165) is 29.7 Å². The molecule has 3 aromatic carbocycles. The number of ether oxygens (including phenoxy) is 4. The lowest BCUT2D eigenvalue weighted by Gasteiger charge is -2.38. The van der Waals surface area contributed by atoms with Crippen LogP contribution in [0.25, 0.3) is 0 Å². The van der Waals surface area contributed by atoms with Crippen LogP contribution in [0.4, 0.5) is 5.69 Å². The van der Waals surface area contributed by atoms with Crippen LogP contribution in [0.2, 0.25) is 5.02 Å². The molecule has 0 saturated heterocycles. The number of hydrogen-bond acceptors (Lipinski definition) is 7. The number of carbonyl (C=O) groups is 2. The van der Waals surface area contributed by atoms with Gasteiger partial charge in [-0.3, -0.25) is 9.69 Å². The first-order valence-electron chi connectivity index (χ1n) is 11.6. The Kier molecular flexibility index (Phi) is 5.50. The number of hydrogen-bond donors (Lipinski definition) is 1. The summed E-state index contributed by atoms with van der Waals surface area (Å²) in [5.41, 5.74) is 4.00. The van der Waals surface area contributed by atoms with Crippen molar-refractivity contribution in [2.45, 2.75) is 18.6 Å². The van der Waals surface area contributed by atoms with Gasteiger partial charge in [0.2, 0.25) is 12.5 Å². The molecule has 0 radical (unpaired) electrons. The number of nitrogens with zero attached hydrogens (tertiary/aromatic N) is 1.